The molecule has 0 spiro atoms. The van der Waals surface area contributed by atoms with Crippen molar-refractivity contribution >= 4 is 5.97 Å². The van der Waals surface area contributed by atoms with E-state index in [-0.39, 0.29) is 0 Å². The van der Waals surface area contributed by atoms with Crippen molar-refractivity contribution in [2.45, 2.75) is 26.3 Å². The van der Waals surface area contributed by atoms with Crippen molar-refractivity contribution in [2.75, 3.05) is 0 Å². The first-order valence-electron chi connectivity index (χ1n) is 6.47. The molecule has 2 rings (SSSR count). The van der Waals surface area contributed by atoms with Crippen LogP contribution in [0.4, 0.5) is 0 Å². The van der Waals surface area contributed by atoms with Gasteiger partial charge in [0, 0.05) is 6.42 Å². The van der Waals surface area contributed by atoms with Crippen LogP contribution in [0.3, 0.4) is 0 Å². The van der Waals surface area contributed by atoms with Crippen molar-refractivity contribution in [1.82, 2.24) is 4.57 Å². The Balaban J connectivity index is 2.19. The Labute approximate surface area is 112 Å². The van der Waals surface area contributed by atoms with Gasteiger partial charge < -0.3 is 5.11 Å². The summed E-state index contributed by atoms with van der Waals surface area (Å²) in [6.45, 7) is 2.94. The summed E-state index contributed by atoms with van der Waals surface area (Å²) in [5.41, 5.74) is 1.44. The topological polar surface area (TPSA) is 46.1 Å². The molecule has 100 valence electrons. The van der Waals surface area contributed by atoms with Crippen LogP contribution in [-0.4, -0.2) is 15.6 Å². The summed E-state index contributed by atoms with van der Waals surface area (Å²) >= 11 is 0. The van der Waals surface area contributed by atoms with Crippen molar-refractivity contribution in [3.63, 3.8) is 0 Å². The van der Waals surface area contributed by atoms with Gasteiger partial charge in [-0.3, -0.25) is 0 Å². The number of imidazole rings is 1. The molecule has 1 heterocycles. The van der Waals surface area contributed by atoms with E-state index in [1.807, 2.05) is 12.1 Å². The first kappa shape index (κ1) is 13.3. The summed E-state index contributed by atoms with van der Waals surface area (Å²) in [5.74, 6) is 0.399. The highest BCUT2D eigenvalue weighted by atomic mass is 16.4. The monoisotopic (exact) mass is 259 g/mol. The molecule has 0 fully saturated rings. The highest BCUT2D eigenvalue weighted by molar-refractivity contribution is 5.87. The van der Waals surface area contributed by atoms with Gasteiger partial charge in [0.1, 0.15) is 18.9 Å². The number of nitrogens with zero attached hydrogens (tertiary/aromatic N) is 2. The summed E-state index contributed by atoms with van der Waals surface area (Å²) in [4.78, 5) is 10.8. The highest BCUT2D eigenvalue weighted by Gasteiger charge is 2.13. The highest BCUT2D eigenvalue weighted by Crippen LogP contribution is 2.08. The molecular weight excluding hydrogens is 240 g/mol. The van der Waals surface area contributed by atoms with Crippen LogP contribution in [0, 0.1) is 0 Å². The number of aromatic carboxylic acids is 1. The molecular formula is C15H19N2O2+. The molecule has 2 aromatic rings. The second kappa shape index (κ2) is 5.69. The molecule has 0 saturated carbocycles. The van der Waals surface area contributed by atoms with Crippen molar-refractivity contribution in [3.8, 4) is 0 Å². The van der Waals surface area contributed by atoms with Crippen molar-refractivity contribution in [2.24, 2.45) is 7.05 Å². The molecule has 0 radical (unpaired) electrons. The van der Waals surface area contributed by atoms with Gasteiger partial charge in [0.15, 0.2) is 0 Å². The number of carbonyl (C=O) groups is 1. The second-order valence-electron chi connectivity index (χ2n) is 4.71. The average molecular weight is 259 g/mol. The number of carboxylic acids is 1. The van der Waals surface area contributed by atoms with E-state index in [0.717, 1.165) is 24.9 Å². The van der Waals surface area contributed by atoms with Gasteiger partial charge >= 0.3 is 5.97 Å². The molecule has 4 nitrogen and oxygen atoms in total. The van der Waals surface area contributed by atoms with Crippen LogP contribution in [0.25, 0.3) is 0 Å². The van der Waals surface area contributed by atoms with Crippen LogP contribution in [0.2, 0.25) is 0 Å². The summed E-state index contributed by atoms with van der Waals surface area (Å²) in [5, 5.41) is 8.87. The molecule has 4 heteroatoms. The van der Waals surface area contributed by atoms with Gasteiger partial charge in [0.25, 0.3) is 5.82 Å². The lowest BCUT2D eigenvalue weighted by atomic mass is 10.1. The van der Waals surface area contributed by atoms with E-state index >= 15 is 0 Å². The standard InChI is InChI=1S/C15H18N2O2/c1-3-4-14-16(2)9-10-17(14)11-12-5-7-13(8-6-12)15(18)19/h5-10H,3-4,11H2,1-2H3/p+1. The van der Waals surface area contributed by atoms with Gasteiger partial charge in [-0.15, -0.1) is 0 Å². The van der Waals surface area contributed by atoms with E-state index in [9.17, 15) is 4.79 Å². The predicted octanol–water partition coefficient (Wildman–Crippen LogP) is 2.01. The fourth-order valence-electron chi connectivity index (χ4n) is 2.19. The van der Waals surface area contributed by atoms with Gasteiger partial charge in [0.05, 0.1) is 12.6 Å². The fourth-order valence-corrected chi connectivity index (χ4v) is 2.19. The first-order chi connectivity index (χ1) is 9.11. The van der Waals surface area contributed by atoms with E-state index in [4.69, 9.17) is 5.11 Å². The molecule has 0 aliphatic heterocycles. The maximum atomic E-state index is 10.8. The second-order valence-corrected chi connectivity index (χ2v) is 4.71. The van der Waals surface area contributed by atoms with Gasteiger partial charge in [-0.25, -0.2) is 13.9 Å². The van der Waals surface area contributed by atoms with Crippen LogP contribution in [0.5, 0.6) is 0 Å². The minimum atomic E-state index is -0.884. The van der Waals surface area contributed by atoms with E-state index in [0.29, 0.717) is 5.56 Å². The number of hydrogen-bond donors (Lipinski definition) is 1. The SMILES string of the molecule is CCCc1n(Cc2ccc(C(=O)O)cc2)cc[n+]1C. The lowest BCUT2D eigenvalue weighted by Gasteiger charge is -2.03. The van der Waals surface area contributed by atoms with Gasteiger partial charge in [-0.1, -0.05) is 19.1 Å². The summed E-state index contributed by atoms with van der Waals surface area (Å²) in [6.07, 6.45) is 6.26. The largest absolute Gasteiger partial charge is 0.478 e. The van der Waals surface area contributed by atoms with E-state index < -0.39 is 5.97 Å². The maximum absolute atomic E-state index is 10.8. The third-order valence-electron chi connectivity index (χ3n) is 3.24. The molecule has 1 N–H and O–H groups in total. The Morgan fingerprint density at radius 3 is 2.58 bits per heavy atom. The minimum absolute atomic E-state index is 0.329. The third-order valence-corrected chi connectivity index (χ3v) is 3.24. The Kier molecular flexibility index (Phi) is 4.00. The van der Waals surface area contributed by atoms with Crippen LogP contribution < -0.4 is 4.57 Å². The van der Waals surface area contributed by atoms with Crippen molar-refractivity contribution < 1.29 is 14.5 Å². The molecule has 0 saturated heterocycles. The molecule has 0 bridgehead atoms. The van der Waals surface area contributed by atoms with Gasteiger partial charge in [0.2, 0.25) is 0 Å². The number of aromatic nitrogens is 2. The van der Waals surface area contributed by atoms with E-state index in [1.54, 1.807) is 12.1 Å². The molecule has 0 unspecified atom stereocenters. The van der Waals surface area contributed by atoms with Crippen LogP contribution in [-0.2, 0) is 20.0 Å². The predicted molar refractivity (Wildman–Crippen MR) is 72.1 cm³/mol. The number of benzene rings is 1. The molecule has 0 amide bonds. The van der Waals surface area contributed by atoms with Crippen molar-refractivity contribution in [3.05, 3.63) is 53.6 Å². The quantitative estimate of drug-likeness (QED) is 0.835. The third kappa shape index (κ3) is 3.02. The number of carboxylic acid groups (broad SMARTS) is 1. The lowest BCUT2D eigenvalue weighted by Crippen LogP contribution is -2.32. The Hall–Kier alpha value is -2.10. The normalized spacial score (nSPS) is 10.6. The molecule has 0 atom stereocenters. The van der Waals surface area contributed by atoms with Crippen LogP contribution >= 0.6 is 0 Å². The fraction of sp³-hybridized carbons (Fsp3) is 0.333. The first-order valence-corrected chi connectivity index (χ1v) is 6.47. The number of rotatable bonds is 5. The molecule has 1 aromatic carbocycles. The Morgan fingerprint density at radius 1 is 1.32 bits per heavy atom. The van der Waals surface area contributed by atoms with Crippen LogP contribution in [0.15, 0.2) is 36.7 Å². The summed E-state index contributed by atoms with van der Waals surface area (Å²) < 4.78 is 4.34. The summed E-state index contributed by atoms with van der Waals surface area (Å²) in [7, 11) is 2.05. The average Bonchev–Trinajstić information content (AvgIpc) is 2.73. The van der Waals surface area contributed by atoms with Crippen LogP contribution in [0.1, 0.15) is 35.1 Å². The molecule has 0 aliphatic rings. The lowest BCUT2D eigenvalue weighted by molar-refractivity contribution is -0.678. The number of aryl methyl sites for hydroxylation is 1. The zero-order chi connectivity index (χ0) is 13.8. The minimum Gasteiger partial charge on any atom is -0.478 e. The van der Waals surface area contributed by atoms with E-state index in [1.165, 1.54) is 5.82 Å². The van der Waals surface area contributed by atoms with E-state index in [2.05, 4.69) is 35.5 Å². The number of hydrogen-bond acceptors (Lipinski definition) is 1. The Morgan fingerprint density at radius 2 is 2.00 bits per heavy atom. The summed E-state index contributed by atoms with van der Waals surface area (Å²) in [6, 6.07) is 7.06. The van der Waals surface area contributed by atoms with Crippen molar-refractivity contribution in [1.29, 1.82) is 0 Å². The zero-order valence-corrected chi connectivity index (χ0v) is 11.3. The molecule has 19 heavy (non-hydrogen) atoms. The molecule has 0 aliphatic carbocycles. The Bertz CT molecular complexity index is 570. The van der Waals surface area contributed by atoms with Gasteiger partial charge in [-0.05, 0) is 24.1 Å². The van der Waals surface area contributed by atoms with Gasteiger partial charge in [-0.2, -0.15) is 0 Å². The molecule has 1 aromatic heterocycles. The zero-order valence-electron chi connectivity index (χ0n) is 11.3. The smallest absolute Gasteiger partial charge is 0.335 e. The maximum Gasteiger partial charge on any atom is 0.335 e.